The van der Waals surface area contributed by atoms with Crippen LogP contribution in [0.2, 0.25) is 0 Å². The van der Waals surface area contributed by atoms with E-state index in [4.69, 9.17) is 26.4 Å². The number of thiocarbonyl (C=S) groups is 1. The molecule has 1 N–H and O–H groups in total. The first-order valence-corrected chi connectivity index (χ1v) is 8.41. The fourth-order valence-electron chi connectivity index (χ4n) is 2.05. The molecular formula is C15H19BrN2O4S. The van der Waals surface area contributed by atoms with E-state index in [1.165, 1.54) is 0 Å². The third-order valence-electron chi connectivity index (χ3n) is 3.25. The molecule has 0 aliphatic carbocycles. The van der Waals surface area contributed by atoms with Crippen LogP contribution >= 0.6 is 28.1 Å². The van der Waals surface area contributed by atoms with Crippen LogP contribution in [-0.4, -0.2) is 62.5 Å². The summed E-state index contributed by atoms with van der Waals surface area (Å²) in [4.78, 5) is 14.4. The first kappa shape index (κ1) is 18.1. The lowest BCUT2D eigenvalue weighted by Crippen LogP contribution is -2.47. The SMILES string of the molecule is COCCOc1ccc(Br)cc1C(=O)NC(=S)N1CCOCC1. The van der Waals surface area contributed by atoms with Gasteiger partial charge in [-0.3, -0.25) is 10.1 Å². The molecule has 8 heteroatoms. The summed E-state index contributed by atoms with van der Waals surface area (Å²) >= 11 is 8.67. The van der Waals surface area contributed by atoms with Gasteiger partial charge in [0.1, 0.15) is 12.4 Å². The lowest BCUT2D eigenvalue weighted by molar-refractivity contribution is 0.0668. The minimum absolute atomic E-state index is 0.296. The lowest BCUT2D eigenvalue weighted by atomic mass is 10.2. The predicted molar refractivity (Wildman–Crippen MR) is 94.0 cm³/mol. The Morgan fingerprint density at radius 3 is 2.83 bits per heavy atom. The van der Waals surface area contributed by atoms with Gasteiger partial charge in [-0.1, -0.05) is 15.9 Å². The Balaban J connectivity index is 2.04. The summed E-state index contributed by atoms with van der Waals surface area (Å²) in [7, 11) is 1.60. The van der Waals surface area contributed by atoms with Crippen LogP contribution in [0.15, 0.2) is 22.7 Å². The van der Waals surface area contributed by atoms with Crippen LogP contribution in [0.5, 0.6) is 5.75 Å². The van der Waals surface area contributed by atoms with Gasteiger partial charge in [-0.05, 0) is 30.4 Å². The van der Waals surface area contributed by atoms with Gasteiger partial charge in [-0.25, -0.2) is 0 Å². The number of nitrogens with zero attached hydrogens (tertiary/aromatic N) is 1. The molecule has 1 heterocycles. The third-order valence-corrected chi connectivity index (χ3v) is 4.10. The predicted octanol–water partition coefficient (Wildman–Crippen LogP) is 1.82. The molecule has 1 amide bonds. The number of amides is 1. The van der Waals surface area contributed by atoms with Gasteiger partial charge in [0.2, 0.25) is 0 Å². The number of hydrogen-bond acceptors (Lipinski definition) is 5. The zero-order chi connectivity index (χ0) is 16.7. The van der Waals surface area contributed by atoms with Crippen LogP contribution in [-0.2, 0) is 9.47 Å². The molecule has 2 rings (SSSR count). The molecule has 1 aromatic rings. The van der Waals surface area contributed by atoms with Gasteiger partial charge >= 0.3 is 0 Å². The molecule has 0 atom stereocenters. The van der Waals surface area contributed by atoms with E-state index in [-0.39, 0.29) is 5.91 Å². The van der Waals surface area contributed by atoms with Crippen molar-refractivity contribution in [1.82, 2.24) is 10.2 Å². The number of ether oxygens (including phenoxy) is 3. The number of methoxy groups -OCH3 is 1. The molecule has 0 aromatic heterocycles. The van der Waals surface area contributed by atoms with Crippen LogP contribution < -0.4 is 10.1 Å². The smallest absolute Gasteiger partial charge is 0.261 e. The maximum atomic E-state index is 12.5. The molecule has 1 aliphatic heterocycles. The van der Waals surface area contributed by atoms with Gasteiger partial charge in [0, 0.05) is 24.7 Å². The van der Waals surface area contributed by atoms with Crippen LogP contribution in [0.4, 0.5) is 0 Å². The van der Waals surface area contributed by atoms with Gasteiger partial charge in [-0.2, -0.15) is 0 Å². The van der Waals surface area contributed by atoms with Crippen molar-refractivity contribution in [3.63, 3.8) is 0 Å². The molecule has 0 unspecified atom stereocenters. The van der Waals surface area contributed by atoms with Crippen LogP contribution in [0.25, 0.3) is 0 Å². The van der Waals surface area contributed by atoms with Crippen molar-refractivity contribution in [3.05, 3.63) is 28.2 Å². The van der Waals surface area contributed by atoms with Gasteiger partial charge in [0.25, 0.3) is 5.91 Å². The Morgan fingerprint density at radius 1 is 1.39 bits per heavy atom. The quantitative estimate of drug-likeness (QED) is 0.598. The second kappa shape index (κ2) is 9.17. The minimum Gasteiger partial charge on any atom is -0.490 e. The zero-order valence-electron chi connectivity index (χ0n) is 12.8. The average Bonchev–Trinajstić information content (AvgIpc) is 2.57. The molecule has 0 bridgehead atoms. The molecule has 1 saturated heterocycles. The number of morpholine rings is 1. The standard InChI is InChI=1S/C15H19BrN2O4S/c1-20-8-9-22-13-3-2-11(16)10-12(13)14(19)17-15(23)18-4-6-21-7-5-18/h2-3,10H,4-9H2,1H3,(H,17,19,23). The number of halogens is 1. The molecule has 1 fully saturated rings. The highest BCUT2D eigenvalue weighted by atomic mass is 79.9. The summed E-state index contributed by atoms with van der Waals surface area (Å²) in [6.45, 7) is 3.38. The Bertz CT molecular complexity index is 564. The summed E-state index contributed by atoms with van der Waals surface area (Å²) in [6.07, 6.45) is 0. The summed E-state index contributed by atoms with van der Waals surface area (Å²) < 4.78 is 16.6. The van der Waals surface area contributed by atoms with Crippen LogP contribution in [0.1, 0.15) is 10.4 Å². The Hall–Kier alpha value is -1.22. The lowest BCUT2D eigenvalue weighted by Gasteiger charge is -2.29. The van der Waals surface area contributed by atoms with Crippen molar-refractivity contribution in [1.29, 1.82) is 0 Å². The number of rotatable bonds is 5. The first-order valence-electron chi connectivity index (χ1n) is 7.21. The Kier molecular flexibility index (Phi) is 7.22. The molecule has 6 nitrogen and oxygen atoms in total. The summed E-state index contributed by atoms with van der Waals surface area (Å²) in [5, 5.41) is 3.16. The number of carbonyl (C=O) groups is 1. The second-order valence-corrected chi connectivity index (χ2v) is 6.14. The summed E-state index contributed by atoms with van der Waals surface area (Å²) in [5.41, 5.74) is 0.422. The largest absolute Gasteiger partial charge is 0.490 e. The highest BCUT2D eigenvalue weighted by Gasteiger charge is 2.19. The number of hydrogen-bond donors (Lipinski definition) is 1. The van der Waals surface area contributed by atoms with Crippen molar-refractivity contribution in [3.8, 4) is 5.75 Å². The van der Waals surface area contributed by atoms with E-state index < -0.39 is 0 Å². The normalized spacial score (nSPS) is 14.4. The van der Waals surface area contributed by atoms with E-state index >= 15 is 0 Å². The van der Waals surface area contributed by atoms with Gasteiger partial charge < -0.3 is 19.1 Å². The van der Waals surface area contributed by atoms with Gasteiger partial charge in [0.15, 0.2) is 5.11 Å². The molecule has 0 spiro atoms. The van der Waals surface area contributed by atoms with Crippen molar-refractivity contribution in [2.75, 3.05) is 46.6 Å². The van der Waals surface area contributed by atoms with E-state index in [9.17, 15) is 4.79 Å². The van der Waals surface area contributed by atoms with E-state index in [2.05, 4.69) is 21.2 Å². The molecular weight excluding hydrogens is 384 g/mol. The molecule has 1 aliphatic rings. The monoisotopic (exact) mass is 402 g/mol. The van der Waals surface area contributed by atoms with Crippen molar-refractivity contribution >= 4 is 39.2 Å². The minimum atomic E-state index is -0.296. The first-order chi connectivity index (χ1) is 11.1. The topological polar surface area (TPSA) is 60.0 Å². The molecule has 1 aromatic carbocycles. The van der Waals surface area contributed by atoms with Crippen molar-refractivity contribution in [2.45, 2.75) is 0 Å². The van der Waals surface area contributed by atoms with Gasteiger partial charge in [-0.15, -0.1) is 0 Å². The highest BCUT2D eigenvalue weighted by Crippen LogP contribution is 2.23. The molecule has 0 saturated carbocycles. The van der Waals surface area contributed by atoms with Gasteiger partial charge in [0.05, 0.1) is 25.4 Å². The zero-order valence-corrected chi connectivity index (χ0v) is 15.2. The molecule has 23 heavy (non-hydrogen) atoms. The third kappa shape index (κ3) is 5.42. The maximum Gasteiger partial charge on any atom is 0.261 e. The van der Waals surface area contributed by atoms with Crippen molar-refractivity contribution < 1.29 is 19.0 Å². The van der Waals surface area contributed by atoms with Crippen LogP contribution in [0.3, 0.4) is 0 Å². The number of nitrogens with one attached hydrogen (secondary N) is 1. The van der Waals surface area contributed by atoms with Crippen molar-refractivity contribution in [2.24, 2.45) is 0 Å². The average molecular weight is 403 g/mol. The Morgan fingerprint density at radius 2 is 2.13 bits per heavy atom. The fourth-order valence-corrected chi connectivity index (χ4v) is 2.69. The molecule has 0 radical (unpaired) electrons. The van der Waals surface area contributed by atoms with E-state index in [1.807, 2.05) is 11.0 Å². The van der Waals surface area contributed by atoms with E-state index in [0.29, 0.717) is 55.9 Å². The second-order valence-electron chi connectivity index (χ2n) is 4.84. The summed E-state index contributed by atoms with van der Waals surface area (Å²) in [6, 6.07) is 5.27. The maximum absolute atomic E-state index is 12.5. The summed E-state index contributed by atoms with van der Waals surface area (Å²) in [5.74, 6) is 0.197. The fraction of sp³-hybridized carbons (Fsp3) is 0.467. The molecule has 126 valence electrons. The van der Waals surface area contributed by atoms with Crippen LogP contribution in [0, 0.1) is 0 Å². The number of benzene rings is 1. The van der Waals surface area contributed by atoms with E-state index in [1.54, 1.807) is 19.2 Å². The Labute approximate surface area is 149 Å². The highest BCUT2D eigenvalue weighted by molar-refractivity contribution is 9.10. The van der Waals surface area contributed by atoms with E-state index in [0.717, 1.165) is 4.47 Å². The number of carbonyl (C=O) groups excluding carboxylic acids is 1.